The fourth-order valence-electron chi connectivity index (χ4n) is 1.60. The van der Waals surface area contributed by atoms with Crippen LogP contribution in [0.2, 0.25) is 0 Å². The highest BCUT2D eigenvalue weighted by atomic mass is 19.1. The summed E-state index contributed by atoms with van der Waals surface area (Å²) in [5, 5.41) is 0. The van der Waals surface area contributed by atoms with Crippen LogP contribution in [-0.4, -0.2) is 22.9 Å². The number of carbonyl (C=O) groups excluding carboxylic acids is 1. The number of hydrogen-bond donors (Lipinski definition) is 0. The first-order chi connectivity index (χ1) is 9.11. The second kappa shape index (κ2) is 5.10. The summed E-state index contributed by atoms with van der Waals surface area (Å²) < 4.78 is 43.7. The summed E-state index contributed by atoms with van der Waals surface area (Å²) in [6, 6.07) is -3.26. The summed E-state index contributed by atoms with van der Waals surface area (Å²) in [7, 11) is 0. The molecule has 1 rings (SSSR count). The van der Waals surface area contributed by atoms with Crippen LogP contribution in [0, 0.1) is 5.82 Å². The normalized spacial score (nSPS) is 14.4. The Hall–Kier alpha value is -1.38. The summed E-state index contributed by atoms with van der Waals surface area (Å²) >= 11 is 0. The van der Waals surface area contributed by atoms with Crippen LogP contribution in [0.15, 0.2) is 24.2 Å². The maximum atomic E-state index is 13.5. The number of benzene rings is 1. The van der Waals surface area contributed by atoms with E-state index in [1.807, 2.05) is 0 Å². The molecule has 0 spiro atoms. The van der Waals surface area contributed by atoms with Crippen LogP contribution in [0.4, 0.5) is 4.39 Å². The quantitative estimate of drug-likeness (QED) is 0.777. The van der Waals surface area contributed by atoms with Crippen LogP contribution in [0.5, 0.6) is 0 Å². The van der Waals surface area contributed by atoms with Gasteiger partial charge >= 0.3 is 0 Å². The molecule has 16 heavy (non-hydrogen) atoms. The number of rotatable bonds is 3. The predicted molar refractivity (Wildman–Crippen MR) is 62.8 cm³/mol. The average Bonchev–Trinajstić information content (AvgIpc) is 2.33. The number of amides is 1. The van der Waals surface area contributed by atoms with Crippen molar-refractivity contribution in [2.45, 2.75) is 39.8 Å². The van der Waals surface area contributed by atoms with Gasteiger partial charge < -0.3 is 4.90 Å². The molecule has 0 bridgehead atoms. The molecule has 3 heteroatoms. The molecular formula is C13H18FNO. The minimum atomic E-state index is -1.24. The van der Waals surface area contributed by atoms with Crippen molar-refractivity contribution in [1.82, 2.24) is 4.90 Å². The van der Waals surface area contributed by atoms with Crippen molar-refractivity contribution < 1.29 is 14.7 Å². The zero-order valence-corrected chi connectivity index (χ0v) is 9.89. The average molecular weight is 227 g/mol. The summed E-state index contributed by atoms with van der Waals surface area (Å²) in [6.45, 7) is 7.16. The van der Waals surface area contributed by atoms with Gasteiger partial charge in [-0.1, -0.05) is 0 Å². The summed E-state index contributed by atoms with van der Waals surface area (Å²) in [6.07, 6.45) is 0. The van der Waals surface area contributed by atoms with Crippen molar-refractivity contribution in [2.24, 2.45) is 0 Å². The third kappa shape index (κ3) is 2.81. The molecule has 0 aromatic heterocycles. The molecule has 0 aliphatic heterocycles. The van der Waals surface area contributed by atoms with E-state index in [0.29, 0.717) is 0 Å². The maximum Gasteiger partial charge on any atom is 0.254 e. The molecule has 88 valence electrons. The van der Waals surface area contributed by atoms with Gasteiger partial charge in [0.25, 0.3) is 5.91 Å². The summed E-state index contributed by atoms with van der Waals surface area (Å²) in [4.78, 5) is 13.9. The third-order valence-corrected chi connectivity index (χ3v) is 2.16. The molecule has 2 nitrogen and oxygen atoms in total. The molecule has 0 radical (unpaired) electrons. The monoisotopic (exact) mass is 227 g/mol. The topological polar surface area (TPSA) is 20.3 Å². The smallest absolute Gasteiger partial charge is 0.254 e. The van der Waals surface area contributed by atoms with E-state index in [0.717, 1.165) is 0 Å². The molecule has 0 aliphatic rings. The van der Waals surface area contributed by atoms with Crippen molar-refractivity contribution in [1.29, 1.82) is 0 Å². The van der Waals surface area contributed by atoms with E-state index < -0.39 is 35.9 Å². The summed E-state index contributed by atoms with van der Waals surface area (Å²) in [5.74, 6) is -1.86. The second-order valence-electron chi connectivity index (χ2n) is 4.09. The Morgan fingerprint density at radius 1 is 1.19 bits per heavy atom. The third-order valence-electron chi connectivity index (χ3n) is 2.16. The number of nitrogens with zero attached hydrogens (tertiary/aromatic N) is 1. The van der Waals surface area contributed by atoms with Gasteiger partial charge in [-0.2, -0.15) is 0 Å². The molecule has 0 fully saturated rings. The highest BCUT2D eigenvalue weighted by molar-refractivity contribution is 5.94. The van der Waals surface area contributed by atoms with Crippen molar-refractivity contribution in [3.63, 3.8) is 0 Å². The molecule has 0 N–H and O–H groups in total. The van der Waals surface area contributed by atoms with Crippen LogP contribution in [0.25, 0.3) is 0 Å². The van der Waals surface area contributed by atoms with Crippen LogP contribution >= 0.6 is 0 Å². The Kier molecular flexibility index (Phi) is 2.49. The Bertz CT molecular complexity index is 509. The Morgan fingerprint density at radius 3 is 2.00 bits per heavy atom. The van der Waals surface area contributed by atoms with E-state index in [2.05, 4.69) is 0 Å². The van der Waals surface area contributed by atoms with Gasteiger partial charge in [-0.05, 0) is 51.9 Å². The molecule has 0 saturated carbocycles. The number of hydrogen-bond acceptors (Lipinski definition) is 1. The zero-order chi connectivity index (χ0) is 15.8. The standard InChI is InChI=1S/C13H18FNO/c1-9(2)15(10(3)4)13(16)11-5-7-12(14)8-6-11/h5-10H,1-4H3/i5D,6D,7D,8D. The first kappa shape index (κ1) is 7.82. The number of halogens is 1. The molecule has 1 amide bonds. The first-order valence-electron chi connectivity index (χ1n) is 7.19. The Labute approximate surface area is 102 Å². The van der Waals surface area contributed by atoms with Gasteiger partial charge in [-0.3, -0.25) is 4.79 Å². The first-order valence-corrected chi connectivity index (χ1v) is 5.19. The molecule has 1 aromatic rings. The van der Waals surface area contributed by atoms with Crippen molar-refractivity contribution >= 4 is 5.91 Å². The lowest BCUT2D eigenvalue weighted by atomic mass is 10.1. The highest BCUT2D eigenvalue weighted by Crippen LogP contribution is 2.12. The molecule has 0 unspecified atom stereocenters. The predicted octanol–water partition coefficient (Wildman–Crippen LogP) is 3.08. The largest absolute Gasteiger partial charge is 0.334 e. The van der Waals surface area contributed by atoms with Gasteiger partial charge in [0.15, 0.2) is 0 Å². The lowest BCUT2D eigenvalue weighted by Crippen LogP contribution is -2.42. The molecule has 0 saturated heterocycles. The van der Waals surface area contributed by atoms with E-state index in [9.17, 15) is 9.18 Å². The van der Waals surface area contributed by atoms with Crippen LogP contribution in [0.1, 0.15) is 43.5 Å². The van der Waals surface area contributed by atoms with Gasteiger partial charge in [0, 0.05) is 17.6 Å². The van der Waals surface area contributed by atoms with Crippen molar-refractivity contribution in [3.05, 3.63) is 35.6 Å². The molecular weight excluding hydrogens is 205 g/mol. The van der Waals surface area contributed by atoms with Gasteiger partial charge in [-0.15, -0.1) is 0 Å². The second-order valence-corrected chi connectivity index (χ2v) is 4.09. The fraction of sp³-hybridized carbons (Fsp3) is 0.462. The van der Waals surface area contributed by atoms with Gasteiger partial charge in [0.05, 0.1) is 5.48 Å². The van der Waals surface area contributed by atoms with Crippen molar-refractivity contribution in [3.8, 4) is 0 Å². The molecule has 0 heterocycles. The fourth-order valence-corrected chi connectivity index (χ4v) is 1.60. The van der Waals surface area contributed by atoms with Gasteiger partial charge in [0.2, 0.25) is 0 Å². The zero-order valence-electron chi connectivity index (χ0n) is 13.9. The van der Waals surface area contributed by atoms with Crippen LogP contribution in [0.3, 0.4) is 0 Å². The van der Waals surface area contributed by atoms with E-state index in [-0.39, 0.29) is 17.6 Å². The van der Waals surface area contributed by atoms with Crippen molar-refractivity contribution in [2.75, 3.05) is 0 Å². The highest BCUT2D eigenvalue weighted by Gasteiger charge is 2.21. The Morgan fingerprint density at radius 2 is 1.62 bits per heavy atom. The SMILES string of the molecule is [2H]c1c([2H])c(C(=O)N(C(C)C)C(C)C)c([2H])c([2H])c1F. The minimum Gasteiger partial charge on any atom is -0.334 e. The van der Waals surface area contributed by atoms with E-state index in [1.165, 1.54) is 4.90 Å². The maximum absolute atomic E-state index is 13.5. The lowest BCUT2D eigenvalue weighted by molar-refractivity contribution is 0.0643. The number of carbonyl (C=O) groups is 1. The Balaban J connectivity index is 3.51. The molecule has 0 atom stereocenters. The van der Waals surface area contributed by atoms with Crippen LogP contribution < -0.4 is 0 Å². The van der Waals surface area contributed by atoms with E-state index in [4.69, 9.17) is 5.48 Å². The van der Waals surface area contributed by atoms with E-state index >= 15 is 0 Å². The van der Waals surface area contributed by atoms with Gasteiger partial charge in [-0.25, -0.2) is 4.39 Å². The minimum absolute atomic E-state index is 0.172. The van der Waals surface area contributed by atoms with Crippen LogP contribution in [-0.2, 0) is 0 Å². The lowest BCUT2D eigenvalue weighted by Gasteiger charge is -2.30. The van der Waals surface area contributed by atoms with E-state index in [1.54, 1.807) is 27.7 Å². The molecule has 0 aliphatic carbocycles. The molecule has 1 aromatic carbocycles. The van der Waals surface area contributed by atoms with Gasteiger partial charge in [0.1, 0.15) is 5.82 Å². The summed E-state index contributed by atoms with van der Waals surface area (Å²) in [5.41, 5.74) is -0.385.